The lowest BCUT2D eigenvalue weighted by Gasteiger charge is -2.37. The summed E-state index contributed by atoms with van der Waals surface area (Å²) in [4.78, 5) is 0. The predicted molar refractivity (Wildman–Crippen MR) is 94.7 cm³/mol. The molecular weight excluding hydrogens is 278 g/mol. The van der Waals surface area contributed by atoms with Crippen LogP contribution in [0.15, 0.2) is 60.7 Å². The Balaban J connectivity index is 1.43. The molecule has 1 aliphatic carbocycles. The highest BCUT2D eigenvalue weighted by Crippen LogP contribution is 2.40. The normalized spacial score (nSPS) is 22.6. The van der Waals surface area contributed by atoms with Crippen LogP contribution in [0.4, 0.5) is 0 Å². The molecule has 1 aliphatic rings. The van der Waals surface area contributed by atoms with Crippen molar-refractivity contribution in [2.24, 2.45) is 11.8 Å². The molecule has 3 rings (SSSR count). The van der Waals surface area contributed by atoms with Gasteiger partial charge in [-0.25, -0.2) is 0 Å². The second kappa shape index (κ2) is 7.35. The maximum absolute atomic E-state index is 2.28. The van der Waals surface area contributed by atoms with E-state index in [0.717, 1.165) is 29.0 Å². The van der Waals surface area contributed by atoms with Crippen LogP contribution in [0.1, 0.15) is 12.8 Å². The Bertz CT molecular complexity index is 460. The molecule has 0 aliphatic heterocycles. The smallest absolute Gasteiger partial charge is 0.0271 e. The van der Waals surface area contributed by atoms with Crippen LogP contribution in [0.5, 0.6) is 0 Å². The molecular formula is C18H22P2. The first kappa shape index (κ1) is 14.2. The maximum Gasteiger partial charge on any atom is -0.0271 e. The van der Waals surface area contributed by atoms with Gasteiger partial charge >= 0.3 is 0 Å². The molecule has 0 aromatic heterocycles. The average Bonchev–Trinajstić information content (AvgIpc) is 2.49. The molecule has 2 aromatic carbocycles. The zero-order chi connectivity index (χ0) is 13.6. The summed E-state index contributed by atoms with van der Waals surface area (Å²) in [5.74, 6) is 1.98. The van der Waals surface area contributed by atoms with E-state index in [-0.39, 0.29) is 0 Å². The number of rotatable bonds is 6. The van der Waals surface area contributed by atoms with Crippen molar-refractivity contribution in [2.45, 2.75) is 12.8 Å². The summed E-state index contributed by atoms with van der Waals surface area (Å²) in [6.45, 7) is 0. The van der Waals surface area contributed by atoms with Crippen LogP contribution in [0.3, 0.4) is 0 Å². The van der Waals surface area contributed by atoms with Crippen LogP contribution in [-0.2, 0) is 0 Å². The first-order valence-electron chi connectivity index (χ1n) is 7.49. The van der Waals surface area contributed by atoms with Gasteiger partial charge in [0.1, 0.15) is 0 Å². The van der Waals surface area contributed by atoms with Crippen LogP contribution >= 0.6 is 17.2 Å². The lowest BCUT2D eigenvalue weighted by Crippen LogP contribution is -2.30. The summed E-state index contributed by atoms with van der Waals surface area (Å²) in [6, 6.07) is 22.0. The van der Waals surface area contributed by atoms with Crippen molar-refractivity contribution in [1.82, 2.24) is 0 Å². The molecule has 20 heavy (non-hydrogen) atoms. The molecule has 104 valence electrons. The first-order chi connectivity index (χ1) is 9.92. The van der Waals surface area contributed by atoms with Gasteiger partial charge < -0.3 is 0 Å². The molecule has 0 radical (unpaired) electrons. The monoisotopic (exact) mass is 300 g/mol. The Labute approximate surface area is 126 Å². The van der Waals surface area contributed by atoms with E-state index in [1.54, 1.807) is 0 Å². The Morgan fingerprint density at radius 3 is 1.40 bits per heavy atom. The Morgan fingerprint density at radius 1 is 0.650 bits per heavy atom. The summed E-state index contributed by atoms with van der Waals surface area (Å²) in [5, 5.41) is 3.06. The van der Waals surface area contributed by atoms with Crippen molar-refractivity contribution in [2.75, 3.05) is 12.3 Å². The summed E-state index contributed by atoms with van der Waals surface area (Å²) in [6.07, 6.45) is 5.75. The highest BCUT2D eigenvalue weighted by molar-refractivity contribution is 7.47. The van der Waals surface area contributed by atoms with E-state index >= 15 is 0 Å². The average molecular weight is 300 g/mol. The molecule has 1 saturated carbocycles. The standard InChI is InChI=1S/C18H22P2/c1-3-7-17(8-4-1)19-13-15-11-12-16(15)14-20-18-9-5-2-6-10-18/h1-10,15-16,19-20H,11-14H2. The molecule has 1 fully saturated rings. The van der Waals surface area contributed by atoms with E-state index in [1.807, 2.05) is 0 Å². The van der Waals surface area contributed by atoms with E-state index in [0.29, 0.717) is 0 Å². The SMILES string of the molecule is c1ccc(PCC2CCC2CPc2ccccc2)cc1. The van der Waals surface area contributed by atoms with Crippen molar-refractivity contribution < 1.29 is 0 Å². The van der Waals surface area contributed by atoms with Crippen LogP contribution in [-0.4, -0.2) is 12.3 Å². The van der Waals surface area contributed by atoms with E-state index in [1.165, 1.54) is 35.8 Å². The molecule has 0 nitrogen and oxygen atoms in total. The van der Waals surface area contributed by atoms with Crippen molar-refractivity contribution in [3.8, 4) is 0 Å². The largest absolute Gasteiger partial charge is 0.0901 e. The summed E-state index contributed by atoms with van der Waals surface area (Å²) >= 11 is 0. The van der Waals surface area contributed by atoms with Gasteiger partial charge in [-0.05, 0) is 47.6 Å². The molecule has 2 aromatic rings. The number of hydrogen-bond donors (Lipinski definition) is 0. The summed E-state index contributed by atoms with van der Waals surface area (Å²) < 4.78 is 0. The minimum Gasteiger partial charge on any atom is -0.0901 e. The van der Waals surface area contributed by atoms with Gasteiger partial charge in [-0.1, -0.05) is 77.8 Å². The van der Waals surface area contributed by atoms with Gasteiger partial charge in [0, 0.05) is 0 Å². The number of benzene rings is 2. The predicted octanol–water partition coefficient (Wildman–Crippen LogP) is 4.02. The Hall–Kier alpha value is -0.700. The second-order valence-corrected chi connectivity index (χ2v) is 8.27. The van der Waals surface area contributed by atoms with Gasteiger partial charge in [-0.3, -0.25) is 0 Å². The zero-order valence-corrected chi connectivity index (χ0v) is 13.8. The molecule has 0 spiro atoms. The fourth-order valence-corrected chi connectivity index (χ4v) is 5.71. The third-order valence-corrected chi connectivity index (χ3v) is 7.20. The van der Waals surface area contributed by atoms with Crippen LogP contribution in [0.2, 0.25) is 0 Å². The molecule has 0 N–H and O–H groups in total. The quantitative estimate of drug-likeness (QED) is 0.707. The van der Waals surface area contributed by atoms with Crippen LogP contribution in [0, 0.1) is 11.8 Å². The number of hydrogen-bond acceptors (Lipinski definition) is 0. The molecule has 4 atom stereocenters. The van der Waals surface area contributed by atoms with Crippen LogP contribution in [0.25, 0.3) is 0 Å². The molecule has 2 heteroatoms. The van der Waals surface area contributed by atoms with Gasteiger partial charge in [0.05, 0.1) is 0 Å². The topological polar surface area (TPSA) is 0 Å². The highest BCUT2D eigenvalue weighted by Gasteiger charge is 2.29. The molecule has 4 unspecified atom stereocenters. The van der Waals surface area contributed by atoms with E-state index in [4.69, 9.17) is 0 Å². The summed E-state index contributed by atoms with van der Waals surface area (Å²) in [5.41, 5.74) is 0. The van der Waals surface area contributed by atoms with E-state index in [9.17, 15) is 0 Å². The third kappa shape index (κ3) is 3.91. The molecule has 0 saturated heterocycles. The van der Waals surface area contributed by atoms with E-state index < -0.39 is 0 Å². The second-order valence-electron chi connectivity index (χ2n) is 5.59. The molecule has 0 amide bonds. The Morgan fingerprint density at radius 2 is 1.05 bits per heavy atom. The minimum absolute atomic E-state index is 0.991. The molecule has 0 bridgehead atoms. The van der Waals surface area contributed by atoms with Gasteiger partial charge in [-0.15, -0.1) is 0 Å². The van der Waals surface area contributed by atoms with Crippen molar-refractivity contribution in [1.29, 1.82) is 0 Å². The first-order valence-corrected chi connectivity index (χ1v) is 9.91. The zero-order valence-electron chi connectivity index (χ0n) is 11.8. The fourth-order valence-electron chi connectivity index (χ4n) is 2.79. The lowest BCUT2D eigenvalue weighted by atomic mass is 9.76. The van der Waals surface area contributed by atoms with Gasteiger partial charge in [0.2, 0.25) is 0 Å². The van der Waals surface area contributed by atoms with Crippen molar-refractivity contribution in [3.05, 3.63) is 60.7 Å². The van der Waals surface area contributed by atoms with Gasteiger partial charge in [0.25, 0.3) is 0 Å². The maximum atomic E-state index is 2.28. The summed E-state index contributed by atoms with van der Waals surface area (Å²) in [7, 11) is 2.01. The van der Waals surface area contributed by atoms with Crippen LogP contribution < -0.4 is 10.6 Å². The lowest BCUT2D eigenvalue weighted by molar-refractivity contribution is 0.228. The molecule has 0 heterocycles. The third-order valence-electron chi connectivity index (χ3n) is 4.26. The van der Waals surface area contributed by atoms with Gasteiger partial charge in [0.15, 0.2) is 0 Å². The Kier molecular flexibility index (Phi) is 5.23. The minimum atomic E-state index is 0.991. The van der Waals surface area contributed by atoms with Crippen molar-refractivity contribution in [3.63, 3.8) is 0 Å². The highest BCUT2D eigenvalue weighted by atomic mass is 31.1. The fraction of sp³-hybridized carbons (Fsp3) is 0.333. The van der Waals surface area contributed by atoms with Gasteiger partial charge in [-0.2, -0.15) is 0 Å². The van der Waals surface area contributed by atoms with E-state index in [2.05, 4.69) is 60.7 Å². The van der Waals surface area contributed by atoms with Crippen molar-refractivity contribution >= 4 is 27.8 Å².